The van der Waals surface area contributed by atoms with E-state index in [1.54, 1.807) is 0 Å². The van der Waals surface area contributed by atoms with Crippen molar-refractivity contribution in [3.05, 3.63) is 0 Å². The largest absolute Gasteiger partial charge is 0.393 e. The van der Waals surface area contributed by atoms with Crippen LogP contribution in [-0.4, -0.2) is 21.7 Å². The fourth-order valence-corrected chi connectivity index (χ4v) is 5.81. The molecule has 1 nitrogen and oxygen atoms in total. The molecule has 0 radical (unpaired) electrons. The van der Waals surface area contributed by atoms with Gasteiger partial charge in [0.15, 0.2) is 0 Å². The van der Waals surface area contributed by atoms with E-state index in [1.165, 1.54) is 38.5 Å². The molecule has 5 atom stereocenters. The Balaban J connectivity index is 1.67. The number of hydrogen-bond donors (Lipinski definition) is 1. The average Bonchev–Trinajstić information content (AvgIpc) is 2.26. The molecule has 15 heavy (non-hydrogen) atoms. The zero-order valence-corrected chi connectivity index (χ0v) is 10.2. The van der Waals surface area contributed by atoms with Crippen LogP contribution < -0.4 is 0 Å². The van der Waals surface area contributed by atoms with Crippen LogP contribution in [-0.2, 0) is 0 Å². The van der Waals surface area contributed by atoms with Gasteiger partial charge in [-0.2, -0.15) is 11.8 Å². The van der Waals surface area contributed by atoms with E-state index < -0.39 is 0 Å². The number of rotatable bonds is 0. The van der Waals surface area contributed by atoms with Gasteiger partial charge in [-0.3, -0.25) is 0 Å². The van der Waals surface area contributed by atoms with Crippen LogP contribution in [0.3, 0.4) is 0 Å². The summed E-state index contributed by atoms with van der Waals surface area (Å²) in [4.78, 5) is 0. The molecule has 3 fully saturated rings. The Morgan fingerprint density at radius 2 is 1.60 bits per heavy atom. The highest BCUT2D eigenvalue weighted by molar-refractivity contribution is 8.00. The molecule has 1 saturated heterocycles. The molecule has 2 saturated carbocycles. The summed E-state index contributed by atoms with van der Waals surface area (Å²) in [6, 6.07) is 0. The third-order valence-corrected chi connectivity index (χ3v) is 6.62. The van der Waals surface area contributed by atoms with E-state index in [4.69, 9.17) is 0 Å². The Morgan fingerprint density at radius 3 is 2.53 bits per heavy atom. The van der Waals surface area contributed by atoms with Gasteiger partial charge in [0.05, 0.1) is 6.10 Å². The quantitative estimate of drug-likeness (QED) is 0.684. The summed E-state index contributed by atoms with van der Waals surface area (Å²) >= 11 is 2.29. The maximum absolute atomic E-state index is 9.73. The van der Waals surface area contributed by atoms with E-state index in [-0.39, 0.29) is 6.10 Å². The van der Waals surface area contributed by atoms with E-state index in [2.05, 4.69) is 11.8 Å². The first-order valence-electron chi connectivity index (χ1n) is 6.66. The van der Waals surface area contributed by atoms with Gasteiger partial charge in [0.1, 0.15) is 0 Å². The van der Waals surface area contributed by atoms with E-state index in [0.717, 1.165) is 35.2 Å². The van der Waals surface area contributed by atoms with Gasteiger partial charge < -0.3 is 5.11 Å². The Morgan fingerprint density at radius 1 is 0.800 bits per heavy atom. The van der Waals surface area contributed by atoms with Crippen molar-refractivity contribution in [2.24, 2.45) is 11.8 Å². The normalized spacial score (nSPS) is 50.6. The molecule has 2 heteroatoms. The molecule has 5 unspecified atom stereocenters. The summed E-state index contributed by atoms with van der Waals surface area (Å²) in [6.45, 7) is 0. The maximum atomic E-state index is 9.73. The lowest BCUT2D eigenvalue weighted by Gasteiger charge is -2.46. The summed E-state index contributed by atoms with van der Waals surface area (Å²) in [5, 5.41) is 11.6. The molecule has 1 aliphatic heterocycles. The maximum Gasteiger partial charge on any atom is 0.0543 e. The van der Waals surface area contributed by atoms with Crippen molar-refractivity contribution in [2.75, 3.05) is 0 Å². The second-order valence-electron chi connectivity index (χ2n) is 5.72. The second kappa shape index (κ2) is 4.29. The first-order chi connectivity index (χ1) is 7.33. The predicted molar refractivity (Wildman–Crippen MR) is 65.1 cm³/mol. The summed E-state index contributed by atoms with van der Waals surface area (Å²) in [5.74, 6) is 1.84. The molecule has 86 valence electrons. The molecular formula is C13H22OS. The summed E-state index contributed by atoms with van der Waals surface area (Å²) in [7, 11) is 0. The molecule has 0 spiro atoms. The topological polar surface area (TPSA) is 20.2 Å². The van der Waals surface area contributed by atoms with Crippen LogP contribution >= 0.6 is 11.8 Å². The molecule has 3 aliphatic rings. The van der Waals surface area contributed by atoms with Crippen LogP contribution in [0.15, 0.2) is 0 Å². The molecule has 0 bridgehead atoms. The van der Waals surface area contributed by atoms with Gasteiger partial charge in [-0.1, -0.05) is 12.8 Å². The van der Waals surface area contributed by atoms with Crippen molar-refractivity contribution < 1.29 is 5.11 Å². The minimum Gasteiger partial charge on any atom is -0.393 e. The van der Waals surface area contributed by atoms with E-state index in [1.807, 2.05) is 0 Å². The van der Waals surface area contributed by atoms with Gasteiger partial charge in [-0.05, 0) is 50.4 Å². The van der Waals surface area contributed by atoms with Crippen LogP contribution in [0.25, 0.3) is 0 Å². The first-order valence-corrected chi connectivity index (χ1v) is 7.61. The van der Waals surface area contributed by atoms with E-state index >= 15 is 0 Å². The minimum absolute atomic E-state index is 0.0204. The van der Waals surface area contributed by atoms with Crippen LogP contribution in [0.5, 0.6) is 0 Å². The van der Waals surface area contributed by atoms with Crippen LogP contribution in [0.1, 0.15) is 51.4 Å². The SMILES string of the molecule is OC1CCC2SC3CCCCC3CC2C1. The van der Waals surface area contributed by atoms with Gasteiger partial charge in [-0.25, -0.2) is 0 Å². The van der Waals surface area contributed by atoms with Gasteiger partial charge in [0.25, 0.3) is 0 Å². The molecule has 3 rings (SSSR count). The van der Waals surface area contributed by atoms with Crippen LogP contribution in [0.2, 0.25) is 0 Å². The van der Waals surface area contributed by atoms with Crippen LogP contribution in [0.4, 0.5) is 0 Å². The highest BCUT2D eigenvalue weighted by Gasteiger charge is 2.41. The van der Waals surface area contributed by atoms with Crippen molar-refractivity contribution in [3.8, 4) is 0 Å². The summed E-state index contributed by atoms with van der Waals surface area (Å²) in [6.07, 6.45) is 10.8. The lowest BCUT2D eigenvalue weighted by Crippen LogP contribution is -2.40. The van der Waals surface area contributed by atoms with E-state index in [9.17, 15) is 5.11 Å². The third kappa shape index (κ3) is 2.08. The van der Waals surface area contributed by atoms with E-state index in [0.29, 0.717) is 0 Å². The Kier molecular flexibility index (Phi) is 2.99. The zero-order chi connectivity index (χ0) is 10.3. The number of hydrogen-bond acceptors (Lipinski definition) is 2. The summed E-state index contributed by atoms with van der Waals surface area (Å²) < 4.78 is 0. The van der Waals surface area contributed by atoms with Crippen molar-refractivity contribution in [1.82, 2.24) is 0 Å². The Bertz CT molecular complexity index is 231. The highest BCUT2D eigenvalue weighted by Crippen LogP contribution is 2.50. The molecule has 0 aromatic heterocycles. The lowest BCUT2D eigenvalue weighted by molar-refractivity contribution is 0.0887. The smallest absolute Gasteiger partial charge is 0.0543 e. The number of aliphatic hydroxyl groups is 1. The highest BCUT2D eigenvalue weighted by atomic mass is 32.2. The number of aliphatic hydroxyl groups excluding tert-OH is 1. The molecule has 0 aromatic rings. The molecule has 0 aromatic carbocycles. The average molecular weight is 226 g/mol. The monoisotopic (exact) mass is 226 g/mol. The minimum atomic E-state index is 0.0204. The van der Waals surface area contributed by atoms with Gasteiger partial charge in [-0.15, -0.1) is 0 Å². The standard InChI is InChI=1S/C13H22OS/c14-11-5-6-13-10(8-11)7-9-3-1-2-4-12(9)15-13/h9-14H,1-8H2. The fraction of sp³-hybridized carbons (Fsp3) is 1.00. The molecular weight excluding hydrogens is 204 g/mol. The van der Waals surface area contributed by atoms with Gasteiger partial charge in [0, 0.05) is 10.5 Å². The van der Waals surface area contributed by atoms with Gasteiger partial charge >= 0.3 is 0 Å². The molecule has 2 aliphatic carbocycles. The Hall–Kier alpha value is 0.310. The zero-order valence-electron chi connectivity index (χ0n) is 9.40. The second-order valence-corrected chi connectivity index (χ2v) is 7.20. The number of fused-ring (bicyclic) bond motifs is 2. The molecule has 1 N–H and O–H groups in total. The van der Waals surface area contributed by atoms with Crippen LogP contribution in [0, 0.1) is 11.8 Å². The fourth-order valence-electron chi connectivity index (χ4n) is 3.87. The third-order valence-electron chi connectivity index (χ3n) is 4.68. The lowest BCUT2D eigenvalue weighted by atomic mass is 9.75. The Labute approximate surface area is 97.0 Å². The predicted octanol–water partition coefficient (Wildman–Crippen LogP) is 3.21. The van der Waals surface area contributed by atoms with Crippen molar-refractivity contribution in [1.29, 1.82) is 0 Å². The van der Waals surface area contributed by atoms with Crippen molar-refractivity contribution in [2.45, 2.75) is 68.0 Å². The van der Waals surface area contributed by atoms with Crippen molar-refractivity contribution in [3.63, 3.8) is 0 Å². The van der Waals surface area contributed by atoms with Crippen molar-refractivity contribution >= 4 is 11.8 Å². The first kappa shape index (κ1) is 10.5. The molecule has 1 heterocycles. The molecule has 0 amide bonds. The van der Waals surface area contributed by atoms with Gasteiger partial charge in [0.2, 0.25) is 0 Å². The number of thioether (sulfide) groups is 1. The summed E-state index contributed by atoms with van der Waals surface area (Å²) in [5.41, 5.74) is 0.